The minimum absolute atomic E-state index is 0.285. The zero-order valence-electron chi connectivity index (χ0n) is 12.2. The van der Waals surface area contributed by atoms with Crippen molar-refractivity contribution in [3.8, 4) is 6.07 Å². The summed E-state index contributed by atoms with van der Waals surface area (Å²) in [6.07, 6.45) is 5.79. The Labute approximate surface area is 136 Å². The van der Waals surface area contributed by atoms with Gasteiger partial charge in [-0.25, -0.2) is 4.79 Å². The molecule has 1 N–H and O–H groups in total. The van der Waals surface area contributed by atoms with Gasteiger partial charge in [-0.3, -0.25) is 9.78 Å². The number of carbonyl (C=O) groups excluding carboxylic acids is 2. The molecule has 1 aliphatic rings. The predicted octanol–water partition coefficient (Wildman–Crippen LogP) is 2.30. The van der Waals surface area contributed by atoms with Crippen LogP contribution in [0.25, 0.3) is 0 Å². The predicted molar refractivity (Wildman–Crippen MR) is 84.2 cm³/mol. The van der Waals surface area contributed by atoms with E-state index in [1.165, 1.54) is 17.5 Å². The Bertz CT molecular complexity index is 793. The number of thiophene rings is 1. The summed E-state index contributed by atoms with van der Waals surface area (Å²) in [6.45, 7) is -0.402. The highest BCUT2D eigenvalue weighted by Gasteiger charge is 2.23. The van der Waals surface area contributed by atoms with E-state index in [4.69, 9.17) is 4.74 Å². The highest BCUT2D eigenvalue weighted by atomic mass is 32.1. The summed E-state index contributed by atoms with van der Waals surface area (Å²) < 4.78 is 4.94. The van der Waals surface area contributed by atoms with Crippen molar-refractivity contribution in [1.82, 2.24) is 4.98 Å². The molecule has 23 heavy (non-hydrogen) atoms. The number of esters is 1. The Morgan fingerprint density at radius 2 is 2.30 bits per heavy atom. The largest absolute Gasteiger partial charge is 0.452 e. The maximum absolute atomic E-state index is 11.9. The topological polar surface area (TPSA) is 92.1 Å². The van der Waals surface area contributed by atoms with Crippen LogP contribution in [0.1, 0.15) is 32.8 Å². The maximum Gasteiger partial charge on any atom is 0.340 e. The van der Waals surface area contributed by atoms with E-state index >= 15 is 0 Å². The van der Waals surface area contributed by atoms with E-state index in [1.54, 1.807) is 18.3 Å². The Kier molecular flexibility index (Phi) is 4.35. The molecule has 1 aliphatic carbocycles. The molecule has 2 aromatic rings. The average molecular weight is 327 g/mol. The van der Waals surface area contributed by atoms with Gasteiger partial charge < -0.3 is 10.1 Å². The molecule has 0 saturated carbocycles. The van der Waals surface area contributed by atoms with Crippen LogP contribution in [-0.2, 0) is 22.4 Å². The van der Waals surface area contributed by atoms with Gasteiger partial charge in [-0.15, -0.1) is 11.3 Å². The number of amides is 1. The molecule has 0 aromatic carbocycles. The van der Waals surface area contributed by atoms with Gasteiger partial charge in [0.1, 0.15) is 11.1 Å². The smallest absolute Gasteiger partial charge is 0.340 e. The molecule has 3 rings (SSSR count). The van der Waals surface area contributed by atoms with Crippen molar-refractivity contribution in [2.75, 3.05) is 11.9 Å². The molecule has 6 nitrogen and oxygen atoms in total. The molecule has 0 unspecified atom stereocenters. The van der Waals surface area contributed by atoms with Crippen LogP contribution in [0.3, 0.4) is 0 Å². The van der Waals surface area contributed by atoms with E-state index in [-0.39, 0.29) is 5.56 Å². The van der Waals surface area contributed by atoms with Crippen LogP contribution in [0.4, 0.5) is 5.00 Å². The first-order valence-corrected chi connectivity index (χ1v) is 7.92. The molecule has 0 spiro atoms. The number of hydrogen-bond acceptors (Lipinski definition) is 6. The van der Waals surface area contributed by atoms with Gasteiger partial charge in [0, 0.05) is 17.3 Å². The third-order valence-electron chi connectivity index (χ3n) is 3.52. The van der Waals surface area contributed by atoms with Crippen molar-refractivity contribution >= 4 is 28.2 Å². The third-order valence-corrected chi connectivity index (χ3v) is 4.72. The fraction of sp³-hybridized carbons (Fsp3) is 0.250. The summed E-state index contributed by atoms with van der Waals surface area (Å²) >= 11 is 1.43. The fourth-order valence-corrected chi connectivity index (χ4v) is 3.73. The molecule has 2 heterocycles. The number of aryl methyl sites for hydroxylation is 1. The van der Waals surface area contributed by atoms with Crippen molar-refractivity contribution in [3.05, 3.63) is 46.1 Å². The minimum atomic E-state index is -0.609. The van der Waals surface area contributed by atoms with Crippen molar-refractivity contribution < 1.29 is 14.3 Å². The number of nitrogens with zero attached hydrogens (tertiary/aromatic N) is 2. The minimum Gasteiger partial charge on any atom is -0.452 e. The maximum atomic E-state index is 11.9. The van der Waals surface area contributed by atoms with Gasteiger partial charge in [0.15, 0.2) is 6.61 Å². The molecule has 0 saturated heterocycles. The van der Waals surface area contributed by atoms with E-state index in [2.05, 4.69) is 16.4 Å². The monoisotopic (exact) mass is 327 g/mol. The quantitative estimate of drug-likeness (QED) is 0.870. The molecule has 0 radical (unpaired) electrons. The summed E-state index contributed by atoms with van der Waals surface area (Å²) in [7, 11) is 0. The number of ether oxygens (including phenoxy) is 1. The van der Waals surface area contributed by atoms with Gasteiger partial charge in [-0.05, 0) is 37.0 Å². The zero-order chi connectivity index (χ0) is 16.2. The SMILES string of the molecule is N#Cc1c(NC(=O)COC(=O)c2cccnc2)sc2c1CCC2. The van der Waals surface area contributed by atoms with Crippen LogP contribution in [0.5, 0.6) is 0 Å². The van der Waals surface area contributed by atoms with E-state index in [0.717, 1.165) is 29.7 Å². The van der Waals surface area contributed by atoms with Gasteiger partial charge >= 0.3 is 5.97 Å². The number of carbonyl (C=O) groups is 2. The first-order chi connectivity index (χ1) is 11.2. The first-order valence-electron chi connectivity index (χ1n) is 7.10. The number of hydrogen-bond donors (Lipinski definition) is 1. The number of nitriles is 1. The Balaban J connectivity index is 1.60. The highest BCUT2D eigenvalue weighted by Crippen LogP contribution is 2.38. The van der Waals surface area contributed by atoms with E-state index in [9.17, 15) is 14.9 Å². The second kappa shape index (κ2) is 6.58. The molecule has 2 aromatic heterocycles. The fourth-order valence-electron chi connectivity index (χ4n) is 2.47. The zero-order valence-corrected chi connectivity index (χ0v) is 13.0. The third kappa shape index (κ3) is 3.22. The van der Waals surface area contributed by atoms with E-state index < -0.39 is 18.5 Å². The van der Waals surface area contributed by atoms with Crippen LogP contribution in [-0.4, -0.2) is 23.5 Å². The molecule has 1 amide bonds. The van der Waals surface area contributed by atoms with Crippen molar-refractivity contribution in [3.63, 3.8) is 0 Å². The Morgan fingerprint density at radius 3 is 3.04 bits per heavy atom. The van der Waals surface area contributed by atoms with Gasteiger partial charge in [-0.2, -0.15) is 5.26 Å². The number of nitrogens with one attached hydrogen (secondary N) is 1. The van der Waals surface area contributed by atoms with E-state index in [0.29, 0.717) is 10.6 Å². The van der Waals surface area contributed by atoms with Gasteiger partial charge in [-0.1, -0.05) is 0 Å². The molecular weight excluding hydrogens is 314 g/mol. The summed E-state index contributed by atoms with van der Waals surface area (Å²) in [5, 5.41) is 12.5. The Hall–Kier alpha value is -2.72. The Morgan fingerprint density at radius 1 is 1.43 bits per heavy atom. The average Bonchev–Trinajstić information content (AvgIpc) is 3.14. The molecule has 0 aliphatic heterocycles. The first kappa shape index (κ1) is 15.2. The lowest BCUT2D eigenvalue weighted by molar-refractivity contribution is -0.119. The molecule has 0 fully saturated rings. The summed E-state index contributed by atoms with van der Waals surface area (Å²) in [5.74, 6) is -1.07. The van der Waals surface area contributed by atoms with Crippen LogP contribution < -0.4 is 5.32 Å². The second-order valence-corrected chi connectivity index (χ2v) is 6.14. The molecule has 0 bridgehead atoms. The van der Waals surface area contributed by atoms with Crippen LogP contribution in [0.2, 0.25) is 0 Å². The lowest BCUT2D eigenvalue weighted by atomic mass is 10.1. The molecular formula is C16H13N3O3S. The van der Waals surface area contributed by atoms with Gasteiger partial charge in [0.2, 0.25) is 0 Å². The number of rotatable bonds is 4. The second-order valence-electron chi connectivity index (χ2n) is 5.04. The number of fused-ring (bicyclic) bond motifs is 1. The van der Waals surface area contributed by atoms with Crippen molar-refractivity contribution in [2.24, 2.45) is 0 Å². The molecule has 0 atom stereocenters. The lowest BCUT2D eigenvalue weighted by Crippen LogP contribution is -2.21. The lowest BCUT2D eigenvalue weighted by Gasteiger charge is -2.05. The van der Waals surface area contributed by atoms with Gasteiger partial charge in [0.05, 0.1) is 11.1 Å². The standard InChI is InChI=1S/C16H13N3O3S/c17-7-12-11-4-1-5-13(11)23-15(12)19-14(20)9-22-16(21)10-3-2-6-18-8-10/h2-3,6,8H,1,4-5,9H2,(H,19,20). The molecule has 7 heteroatoms. The normalized spacial score (nSPS) is 12.3. The van der Waals surface area contributed by atoms with Crippen LogP contribution in [0, 0.1) is 11.3 Å². The summed E-state index contributed by atoms with van der Waals surface area (Å²) in [5.41, 5.74) is 1.86. The summed E-state index contributed by atoms with van der Waals surface area (Å²) in [4.78, 5) is 28.7. The summed E-state index contributed by atoms with van der Waals surface area (Å²) in [6, 6.07) is 5.33. The van der Waals surface area contributed by atoms with Crippen LogP contribution in [0.15, 0.2) is 24.5 Å². The highest BCUT2D eigenvalue weighted by molar-refractivity contribution is 7.16. The van der Waals surface area contributed by atoms with Gasteiger partial charge in [0.25, 0.3) is 5.91 Å². The number of aromatic nitrogens is 1. The number of pyridine rings is 1. The van der Waals surface area contributed by atoms with Crippen LogP contribution >= 0.6 is 11.3 Å². The van der Waals surface area contributed by atoms with Crippen molar-refractivity contribution in [1.29, 1.82) is 5.26 Å². The molecule has 116 valence electrons. The van der Waals surface area contributed by atoms with Crippen molar-refractivity contribution in [2.45, 2.75) is 19.3 Å². The number of anilines is 1. The van der Waals surface area contributed by atoms with E-state index in [1.807, 2.05) is 0 Å².